The van der Waals surface area contributed by atoms with Crippen LogP contribution in [0.3, 0.4) is 0 Å². The Morgan fingerprint density at radius 2 is 1.50 bits per heavy atom. The first kappa shape index (κ1) is 29.7. The van der Waals surface area contributed by atoms with Gasteiger partial charge in [-0.2, -0.15) is 18.3 Å². The highest BCUT2D eigenvalue weighted by Gasteiger charge is 2.50. The number of carbonyl (C=O) groups is 3. The van der Waals surface area contributed by atoms with Gasteiger partial charge in [0.05, 0.1) is 22.7 Å². The third-order valence-corrected chi connectivity index (χ3v) is 8.49. The van der Waals surface area contributed by atoms with E-state index in [0.717, 1.165) is 12.1 Å². The molecule has 1 saturated carbocycles. The Labute approximate surface area is 247 Å². The molecule has 0 bridgehead atoms. The number of rotatable bonds is 5. The summed E-state index contributed by atoms with van der Waals surface area (Å²) in [6.07, 6.45) is -5.47. The first-order valence-corrected chi connectivity index (χ1v) is 14.0. The molecule has 232 valence electrons. The molecule has 1 aromatic heterocycles. The molecule has 0 atom stereocenters. The van der Waals surface area contributed by atoms with Gasteiger partial charge in [0, 0.05) is 69.0 Å². The predicted octanol–water partition coefficient (Wildman–Crippen LogP) is 4.92. The number of piperazine rings is 1. The standard InChI is InChI=1S/C30H27F6N5O3/c1-17(31)26(42)40-15-21(16-40)41-25-22(24(37-41)18-5-7-20(8-6-18)30(34,35)36)3-2-4-23(25)28(44)39-11-9-38(10-12-39)27(43)19-13-29(32,33)14-19/h2-8,19,21H,1,9-16H2. The lowest BCUT2D eigenvalue weighted by Crippen LogP contribution is -2.54. The molecule has 0 spiro atoms. The molecule has 3 amide bonds. The minimum Gasteiger partial charge on any atom is -0.339 e. The van der Waals surface area contributed by atoms with Gasteiger partial charge in [-0.15, -0.1) is 0 Å². The van der Waals surface area contributed by atoms with Crippen LogP contribution in [0.4, 0.5) is 26.3 Å². The fraction of sp³-hybridized carbons (Fsp3) is 0.400. The van der Waals surface area contributed by atoms with E-state index in [-0.39, 0.29) is 56.6 Å². The Hall–Kier alpha value is -4.36. The minimum absolute atomic E-state index is 0.0779. The second-order valence-corrected chi connectivity index (χ2v) is 11.4. The Morgan fingerprint density at radius 1 is 0.886 bits per heavy atom. The molecule has 8 nitrogen and oxygen atoms in total. The van der Waals surface area contributed by atoms with Crippen molar-refractivity contribution in [2.75, 3.05) is 39.3 Å². The van der Waals surface area contributed by atoms with Gasteiger partial charge in [-0.3, -0.25) is 19.1 Å². The van der Waals surface area contributed by atoms with Crippen molar-refractivity contribution in [3.8, 4) is 11.3 Å². The van der Waals surface area contributed by atoms with E-state index in [9.17, 15) is 40.7 Å². The van der Waals surface area contributed by atoms with Crippen LogP contribution in [0.5, 0.6) is 0 Å². The predicted molar refractivity (Wildman–Crippen MR) is 146 cm³/mol. The molecule has 0 radical (unpaired) electrons. The number of carbonyl (C=O) groups excluding carboxylic acids is 3. The molecule has 3 heterocycles. The molecule has 44 heavy (non-hydrogen) atoms. The van der Waals surface area contributed by atoms with E-state index < -0.39 is 54.2 Å². The monoisotopic (exact) mass is 619 g/mol. The van der Waals surface area contributed by atoms with Gasteiger partial charge in [0.2, 0.25) is 11.8 Å². The van der Waals surface area contributed by atoms with Crippen molar-refractivity contribution in [1.29, 1.82) is 0 Å². The summed E-state index contributed by atoms with van der Waals surface area (Å²) in [5.41, 5.74) is 0.536. The number of halogens is 6. The van der Waals surface area contributed by atoms with E-state index in [0.29, 0.717) is 22.2 Å². The van der Waals surface area contributed by atoms with E-state index in [2.05, 4.69) is 11.7 Å². The molecule has 2 aliphatic heterocycles. The minimum atomic E-state index is -4.53. The van der Waals surface area contributed by atoms with Crippen LogP contribution in [-0.4, -0.2) is 87.4 Å². The van der Waals surface area contributed by atoms with Gasteiger partial charge >= 0.3 is 6.18 Å². The van der Waals surface area contributed by atoms with E-state index in [1.807, 2.05) is 0 Å². The fourth-order valence-electron chi connectivity index (χ4n) is 6.00. The Balaban J connectivity index is 1.29. The average molecular weight is 620 g/mol. The summed E-state index contributed by atoms with van der Waals surface area (Å²) in [5, 5.41) is 5.17. The van der Waals surface area contributed by atoms with Gasteiger partial charge in [-0.1, -0.05) is 30.8 Å². The van der Waals surface area contributed by atoms with Gasteiger partial charge in [0.15, 0.2) is 5.83 Å². The molecule has 2 saturated heterocycles. The summed E-state index contributed by atoms with van der Waals surface area (Å²) in [6.45, 7) is 3.91. The number of fused-ring (bicyclic) bond motifs is 1. The molecule has 3 aromatic rings. The molecule has 3 fully saturated rings. The highest BCUT2D eigenvalue weighted by molar-refractivity contribution is 6.09. The number of likely N-dealkylation sites (tertiary alicyclic amines) is 1. The molecule has 3 aliphatic rings. The zero-order valence-corrected chi connectivity index (χ0v) is 23.3. The van der Waals surface area contributed by atoms with Crippen LogP contribution >= 0.6 is 0 Å². The molecular formula is C30H27F6N5O3. The molecule has 0 unspecified atom stereocenters. The summed E-state index contributed by atoms with van der Waals surface area (Å²) >= 11 is 0. The largest absolute Gasteiger partial charge is 0.416 e. The number of alkyl halides is 5. The van der Waals surface area contributed by atoms with Crippen molar-refractivity contribution < 1.29 is 40.7 Å². The van der Waals surface area contributed by atoms with Crippen LogP contribution in [0.1, 0.15) is 34.8 Å². The van der Waals surface area contributed by atoms with Crippen LogP contribution in [-0.2, 0) is 15.8 Å². The maximum Gasteiger partial charge on any atom is 0.416 e. The van der Waals surface area contributed by atoms with Crippen LogP contribution in [0.25, 0.3) is 22.2 Å². The van der Waals surface area contributed by atoms with E-state index in [4.69, 9.17) is 0 Å². The van der Waals surface area contributed by atoms with Gasteiger partial charge in [0.25, 0.3) is 11.8 Å². The van der Waals surface area contributed by atoms with Crippen molar-refractivity contribution in [2.45, 2.75) is 31.0 Å². The topological polar surface area (TPSA) is 78.8 Å². The molecule has 14 heteroatoms. The quantitative estimate of drug-likeness (QED) is 0.300. The lowest BCUT2D eigenvalue weighted by atomic mass is 9.80. The maximum atomic E-state index is 13.9. The molecular weight excluding hydrogens is 592 g/mol. The zero-order chi connectivity index (χ0) is 31.6. The lowest BCUT2D eigenvalue weighted by Gasteiger charge is -2.41. The number of hydrogen-bond donors (Lipinski definition) is 0. The van der Waals surface area contributed by atoms with Crippen molar-refractivity contribution >= 4 is 28.6 Å². The Morgan fingerprint density at radius 3 is 2.07 bits per heavy atom. The fourth-order valence-corrected chi connectivity index (χ4v) is 6.00. The van der Waals surface area contributed by atoms with Gasteiger partial charge in [-0.25, -0.2) is 13.2 Å². The van der Waals surface area contributed by atoms with E-state index in [1.54, 1.807) is 27.8 Å². The van der Waals surface area contributed by atoms with Crippen LogP contribution < -0.4 is 0 Å². The van der Waals surface area contributed by atoms with Crippen LogP contribution in [0, 0.1) is 5.92 Å². The van der Waals surface area contributed by atoms with Crippen molar-refractivity contribution in [2.24, 2.45) is 5.92 Å². The van der Waals surface area contributed by atoms with Gasteiger partial charge in [0.1, 0.15) is 5.69 Å². The van der Waals surface area contributed by atoms with E-state index >= 15 is 0 Å². The van der Waals surface area contributed by atoms with Crippen molar-refractivity contribution in [3.05, 3.63) is 66.0 Å². The smallest absolute Gasteiger partial charge is 0.339 e. The highest BCUT2D eigenvalue weighted by atomic mass is 19.4. The number of hydrogen-bond acceptors (Lipinski definition) is 4. The molecule has 6 rings (SSSR count). The third kappa shape index (κ3) is 5.30. The average Bonchev–Trinajstić information content (AvgIpc) is 3.33. The number of para-hydroxylation sites is 1. The second kappa shape index (κ2) is 10.7. The molecule has 1 aliphatic carbocycles. The summed E-state index contributed by atoms with van der Waals surface area (Å²) in [4.78, 5) is 42.8. The van der Waals surface area contributed by atoms with Gasteiger partial charge in [-0.05, 0) is 18.2 Å². The zero-order valence-electron chi connectivity index (χ0n) is 23.3. The van der Waals surface area contributed by atoms with Crippen LogP contribution in [0.15, 0.2) is 54.9 Å². The lowest BCUT2D eigenvalue weighted by molar-refractivity contribution is -0.161. The normalized spacial score (nSPS) is 19.1. The Bertz CT molecular complexity index is 1650. The summed E-state index contributed by atoms with van der Waals surface area (Å²) in [6, 6.07) is 8.94. The number of amides is 3. The van der Waals surface area contributed by atoms with E-state index in [1.165, 1.54) is 21.9 Å². The number of nitrogens with zero attached hydrogens (tertiary/aromatic N) is 5. The summed E-state index contributed by atoms with van der Waals surface area (Å²) in [7, 11) is 0. The maximum absolute atomic E-state index is 13.9. The summed E-state index contributed by atoms with van der Waals surface area (Å²) < 4.78 is 81.1. The first-order valence-electron chi connectivity index (χ1n) is 14.0. The number of aromatic nitrogens is 2. The molecule has 0 N–H and O–H groups in total. The first-order chi connectivity index (χ1) is 20.7. The van der Waals surface area contributed by atoms with Crippen molar-refractivity contribution in [1.82, 2.24) is 24.5 Å². The number of benzene rings is 2. The molecule has 2 aromatic carbocycles. The van der Waals surface area contributed by atoms with Crippen LogP contribution in [0.2, 0.25) is 0 Å². The Kier molecular flexibility index (Phi) is 7.20. The second-order valence-electron chi connectivity index (χ2n) is 11.4. The SMILES string of the molecule is C=C(F)C(=O)N1CC(n2nc(-c3ccc(C(F)(F)F)cc3)c3cccc(C(=O)N4CCN(C(=O)C5CC(F)(F)C5)CC4)c32)C1. The van der Waals surface area contributed by atoms with Crippen molar-refractivity contribution in [3.63, 3.8) is 0 Å². The summed E-state index contributed by atoms with van der Waals surface area (Å²) in [5.74, 6) is -6.23. The third-order valence-electron chi connectivity index (χ3n) is 8.49. The van der Waals surface area contributed by atoms with Gasteiger partial charge < -0.3 is 14.7 Å². The highest BCUT2D eigenvalue weighted by Crippen LogP contribution is 2.43.